The topological polar surface area (TPSA) is 23.6 Å². The molecule has 0 saturated carbocycles. The number of halogens is 1. The first-order chi connectivity index (χ1) is 11.6. The number of hydrogen-bond donors (Lipinski definition) is 0. The van der Waals surface area contributed by atoms with Crippen LogP contribution >= 0.6 is 0 Å². The van der Waals surface area contributed by atoms with Crippen LogP contribution in [0.25, 0.3) is 0 Å². The van der Waals surface area contributed by atoms with E-state index in [1.165, 1.54) is 23.3 Å². The van der Waals surface area contributed by atoms with E-state index in [9.17, 15) is 9.18 Å². The molecule has 0 radical (unpaired) electrons. The van der Waals surface area contributed by atoms with Gasteiger partial charge in [0.15, 0.2) is 0 Å². The van der Waals surface area contributed by atoms with Crippen LogP contribution in [0.15, 0.2) is 48.5 Å². The quantitative estimate of drug-likeness (QED) is 0.862. The molecule has 1 aliphatic heterocycles. The van der Waals surface area contributed by atoms with Gasteiger partial charge in [0.2, 0.25) is 5.91 Å². The summed E-state index contributed by atoms with van der Waals surface area (Å²) in [4.78, 5) is 16.7. The molecule has 0 aromatic heterocycles. The number of aryl methyl sites for hydroxylation is 1. The number of hydrogen-bond acceptors (Lipinski definition) is 2. The molecule has 4 heteroatoms. The maximum Gasteiger partial charge on any atom is 0.227 e. The Hall–Kier alpha value is -2.20. The number of piperazine rings is 1. The largest absolute Gasteiger partial charge is 0.340 e. The molecular weight excluding hydrogens is 303 g/mol. The Morgan fingerprint density at radius 3 is 2.38 bits per heavy atom. The second kappa shape index (κ2) is 7.58. The highest BCUT2D eigenvalue weighted by Crippen LogP contribution is 2.12. The second-order valence-corrected chi connectivity index (χ2v) is 6.45. The van der Waals surface area contributed by atoms with E-state index in [-0.39, 0.29) is 11.7 Å². The van der Waals surface area contributed by atoms with Crippen molar-refractivity contribution < 1.29 is 9.18 Å². The van der Waals surface area contributed by atoms with Crippen molar-refractivity contribution in [2.75, 3.05) is 26.2 Å². The fraction of sp³-hybridized carbons (Fsp3) is 0.350. The van der Waals surface area contributed by atoms with Gasteiger partial charge in [0.1, 0.15) is 5.82 Å². The number of carbonyl (C=O) groups is 1. The van der Waals surface area contributed by atoms with Crippen molar-refractivity contribution in [3.63, 3.8) is 0 Å². The molecule has 1 aliphatic rings. The Morgan fingerprint density at radius 2 is 1.71 bits per heavy atom. The first kappa shape index (κ1) is 16.7. The third kappa shape index (κ3) is 4.42. The Bertz CT molecular complexity index is 691. The fourth-order valence-electron chi connectivity index (χ4n) is 3.11. The molecule has 1 fully saturated rings. The summed E-state index contributed by atoms with van der Waals surface area (Å²) in [6.45, 7) is 6.33. The molecule has 2 aromatic carbocycles. The van der Waals surface area contributed by atoms with E-state index >= 15 is 0 Å². The van der Waals surface area contributed by atoms with Crippen LogP contribution in [-0.4, -0.2) is 41.9 Å². The van der Waals surface area contributed by atoms with Gasteiger partial charge in [-0.25, -0.2) is 4.39 Å². The summed E-state index contributed by atoms with van der Waals surface area (Å²) in [5.74, 6) is -0.146. The van der Waals surface area contributed by atoms with Gasteiger partial charge in [-0.1, -0.05) is 42.0 Å². The molecule has 1 heterocycles. The third-order valence-corrected chi connectivity index (χ3v) is 4.48. The van der Waals surface area contributed by atoms with E-state index in [4.69, 9.17) is 0 Å². The molecule has 0 bridgehead atoms. The summed E-state index contributed by atoms with van der Waals surface area (Å²) >= 11 is 0. The van der Waals surface area contributed by atoms with Gasteiger partial charge in [0, 0.05) is 32.7 Å². The summed E-state index contributed by atoms with van der Waals surface area (Å²) in [5.41, 5.74) is 3.46. The van der Waals surface area contributed by atoms with Gasteiger partial charge in [-0.05, 0) is 30.2 Å². The highest BCUT2D eigenvalue weighted by molar-refractivity contribution is 5.78. The molecular formula is C20H23FN2O. The van der Waals surface area contributed by atoms with Crippen molar-refractivity contribution in [3.05, 3.63) is 71.0 Å². The van der Waals surface area contributed by atoms with Crippen LogP contribution in [0.1, 0.15) is 16.7 Å². The summed E-state index contributed by atoms with van der Waals surface area (Å²) in [6.07, 6.45) is 0.345. The number of nitrogens with zero attached hydrogens (tertiary/aromatic N) is 2. The van der Waals surface area contributed by atoms with Crippen molar-refractivity contribution in [2.45, 2.75) is 19.9 Å². The standard InChI is InChI=1S/C20H23FN2O/c1-16-3-2-4-18(13-16)15-22-9-11-23(12-10-22)20(24)14-17-5-7-19(21)8-6-17/h2-8,13H,9-12,14-15H2,1H3. The van der Waals surface area contributed by atoms with Crippen LogP contribution in [0.4, 0.5) is 4.39 Å². The van der Waals surface area contributed by atoms with Gasteiger partial charge >= 0.3 is 0 Å². The van der Waals surface area contributed by atoms with Gasteiger partial charge in [-0.2, -0.15) is 0 Å². The molecule has 1 saturated heterocycles. The van der Waals surface area contributed by atoms with Crippen molar-refractivity contribution in [3.8, 4) is 0 Å². The fourth-order valence-corrected chi connectivity index (χ4v) is 3.11. The predicted molar refractivity (Wildman–Crippen MR) is 93.1 cm³/mol. The summed E-state index contributed by atoms with van der Waals surface area (Å²) in [6, 6.07) is 14.7. The Balaban J connectivity index is 1.49. The molecule has 0 N–H and O–H groups in total. The minimum atomic E-state index is -0.268. The summed E-state index contributed by atoms with van der Waals surface area (Å²) in [5, 5.41) is 0. The van der Waals surface area contributed by atoms with E-state index < -0.39 is 0 Å². The molecule has 0 aliphatic carbocycles. The molecule has 3 rings (SSSR count). The Morgan fingerprint density at radius 1 is 1.00 bits per heavy atom. The molecule has 1 amide bonds. The van der Waals surface area contributed by atoms with Crippen molar-refractivity contribution >= 4 is 5.91 Å². The van der Waals surface area contributed by atoms with E-state index in [1.54, 1.807) is 12.1 Å². The van der Waals surface area contributed by atoms with Crippen molar-refractivity contribution in [2.24, 2.45) is 0 Å². The number of carbonyl (C=O) groups excluding carboxylic acids is 1. The maximum atomic E-state index is 12.9. The Labute approximate surface area is 142 Å². The average Bonchev–Trinajstić information content (AvgIpc) is 2.57. The highest BCUT2D eigenvalue weighted by atomic mass is 19.1. The molecule has 3 nitrogen and oxygen atoms in total. The van der Waals surface area contributed by atoms with Crippen LogP contribution in [0, 0.1) is 12.7 Å². The lowest BCUT2D eigenvalue weighted by molar-refractivity contribution is -0.132. The smallest absolute Gasteiger partial charge is 0.227 e. The second-order valence-electron chi connectivity index (χ2n) is 6.45. The zero-order valence-electron chi connectivity index (χ0n) is 14.0. The van der Waals surface area contributed by atoms with Crippen molar-refractivity contribution in [1.82, 2.24) is 9.80 Å². The lowest BCUT2D eigenvalue weighted by Gasteiger charge is -2.35. The van der Waals surface area contributed by atoms with E-state index in [2.05, 4.69) is 36.1 Å². The molecule has 24 heavy (non-hydrogen) atoms. The monoisotopic (exact) mass is 326 g/mol. The lowest BCUT2D eigenvalue weighted by atomic mass is 10.1. The number of rotatable bonds is 4. The van der Waals surface area contributed by atoms with E-state index in [0.29, 0.717) is 6.42 Å². The average molecular weight is 326 g/mol. The van der Waals surface area contributed by atoms with E-state index in [1.807, 2.05) is 4.90 Å². The molecule has 0 unspecified atom stereocenters. The first-order valence-electron chi connectivity index (χ1n) is 8.40. The van der Waals surface area contributed by atoms with Crippen LogP contribution < -0.4 is 0 Å². The summed E-state index contributed by atoms with van der Waals surface area (Å²) in [7, 11) is 0. The first-order valence-corrected chi connectivity index (χ1v) is 8.40. The minimum absolute atomic E-state index is 0.122. The van der Waals surface area contributed by atoms with Gasteiger partial charge in [0.25, 0.3) is 0 Å². The molecule has 0 atom stereocenters. The van der Waals surface area contributed by atoms with Crippen LogP contribution in [0.5, 0.6) is 0 Å². The van der Waals surface area contributed by atoms with Crippen LogP contribution in [0.2, 0.25) is 0 Å². The predicted octanol–water partition coefficient (Wildman–Crippen LogP) is 3.02. The number of benzene rings is 2. The van der Waals surface area contributed by atoms with Gasteiger partial charge in [0.05, 0.1) is 6.42 Å². The normalized spacial score (nSPS) is 15.5. The van der Waals surface area contributed by atoms with E-state index in [0.717, 1.165) is 38.3 Å². The Kier molecular flexibility index (Phi) is 5.26. The van der Waals surface area contributed by atoms with Gasteiger partial charge < -0.3 is 4.90 Å². The highest BCUT2D eigenvalue weighted by Gasteiger charge is 2.21. The maximum absolute atomic E-state index is 12.9. The van der Waals surface area contributed by atoms with Crippen LogP contribution in [-0.2, 0) is 17.8 Å². The number of amides is 1. The van der Waals surface area contributed by atoms with Gasteiger partial charge in [-0.15, -0.1) is 0 Å². The molecule has 0 spiro atoms. The molecule has 2 aromatic rings. The molecule has 126 valence electrons. The lowest BCUT2D eigenvalue weighted by Crippen LogP contribution is -2.48. The third-order valence-electron chi connectivity index (χ3n) is 4.48. The zero-order chi connectivity index (χ0) is 16.9. The van der Waals surface area contributed by atoms with Gasteiger partial charge in [-0.3, -0.25) is 9.69 Å². The summed E-state index contributed by atoms with van der Waals surface area (Å²) < 4.78 is 12.9. The minimum Gasteiger partial charge on any atom is -0.340 e. The SMILES string of the molecule is Cc1cccc(CN2CCN(C(=O)Cc3ccc(F)cc3)CC2)c1. The zero-order valence-corrected chi connectivity index (χ0v) is 14.0. The van der Waals surface area contributed by atoms with Crippen molar-refractivity contribution in [1.29, 1.82) is 0 Å². The van der Waals surface area contributed by atoms with Crippen LogP contribution in [0.3, 0.4) is 0 Å².